The predicted octanol–water partition coefficient (Wildman–Crippen LogP) is 4.42. The van der Waals surface area contributed by atoms with Crippen molar-refractivity contribution in [2.45, 2.75) is 31.8 Å². The molecule has 1 saturated carbocycles. The fourth-order valence-corrected chi connectivity index (χ4v) is 4.60. The highest BCUT2D eigenvalue weighted by Gasteiger charge is 2.42. The molecule has 1 saturated heterocycles. The van der Waals surface area contributed by atoms with Crippen molar-refractivity contribution in [3.8, 4) is 11.5 Å². The first kappa shape index (κ1) is 17.3. The van der Waals surface area contributed by atoms with Gasteiger partial charge in [0.2, 0.25) is 0 Å². The van der Waals surface area contributed by atoms with Crippen LogP contribution in [-0.2, 0) is 0 Å². The second kappa shape index (κ2) is 7.28. The molecule has 0 radical (unpaired) electrons. The van der Waals surface area contributed by atoms with Gasteiger partial charge in [-0.25, -0.2) is 4.39 Å². The predicted molar refractivity (Wildman–Crippen MR) is 100.0 cm³/mol. The molecule has 26 heavy (non-hydrogen) atoms. The van der Waals surface area contributed by atoms with Crippen molar-refractivity contribution >= 4 is 0 Å². The summed E-state index contributed by atoms with van der Waals surface area (Å²) in [6, 6.07) is 14.2. The van der Waals surface area contributed by atoms with Gasteiger partial charge in [-0.1, -0.05) is 31.2 Å². The number of nitrogens with zero attached hydrogens (tertiary/aromatic N) is 1. The van der Waals surface area contributed by atoms with Crippen LogP contribution in [-0.4, -0.2) is 35.7 Å². The molecule has 138 valence electrons. The van der Waals surface area contributed by atoms with E-state index >= 15 is 0 Å². The SMILES string of the molecule is CC(CN1C[C@H]2C[C@H](Oc3ccccc3F)C[C@H]2C1)c1ccc(O)cc1. The van der Waals surface area contributed by atoms with Gasteiger partial charge in [-0.05, 0) is 60.4 Å². The Balaban J connectivity index is 1.29. The third kappa shape index (κ3) is 3.70. The van der Waals surface area contributed by atoms with Gasteiger partial charge >= 0.3 is 0 Å². The zero-order valence-electron chi connectivity index (χ0n) is 15.1. The van der Waals surface area contributed by atoms with Crippen molar-refractivity contribution in [3.05, 3.63) is 59.9 Å². The lowest BCUT2D eigenvalue weighted by atomic mass is 10.0. The van der Waals surface area contributed by atoms with Gasteiger partial charge in [-0.2, -0.15) is 0 Å². The van der Waals surface area contributed by atoms with Gasteiger partial charge in [-0.3, -0.25) is 0 Å². The van der Waals surface area contributed by atoms with Crippen LogP contribution in [0.2, 0.25) is 0 Å². The highest BCUT2D eigenvalue weighted by atomic mass is 19.1. The van der Waals surface area contributed by atoms with Crippen LogP contribution in [0.3, 0.4) is 0 Å². The molecule has 2 aromatic carbocycles. The number of para-hydroxylation sites is 1. The smallest absolute Gasteiger partial charge is 0.165 e. The van der Waals surface area contributed by atoms with E-state index in [0.717, 1.165) is 32.5 Å². The quantitative estimate of drug-likeness (QED) is 0.861. The lowest BCUT2D eigenvalue weighted by Crippen LogP contribution is -2.28. The molecule has 2 fully saturated rings. The van der Waals surface area contributed by atoms with Crippen LogP contribution in [0.15, 0.2) is 48.5 Å². The highest BCUT2D eigenvalue weighted by Crippen LogP contribution is 2.40. The zero-order valence-corrected chi connectivity index (χ0v) is 15.1. The first-order chi connectivity index (χ1) is 12.6. The average molecular weight is 355 g/mol. The second-order valence-corrected chi connectivity index (χ2v) is 7.87. The summed E-state index contributed by atoms with van der Waals surface area (Å²) < 4.78 is 19.7. The normalized spacial score (nSPS) is 26.6. The van der Waals surface area contributed by atoms with Crippen molar-refractivity contribution in [1.29, 1.82) is 0 Å². The number of hydrogen-bond donors (Lipinski definition) is 1. The molecule has 1 aliphatic heterocycles. The van der Waals surface area contributed by atoms with Crippen molar-refractivity contribution in [2.24, 2.45) is 11.8 Å². The molecule has 0 aromatic heterocycles. The van der Waals surface area contributed by atoms with Gasteiger partial charge in [-0.15, -0.1) is 0 Å². The van der Waals surface area contributed by atoms with Gasteiger partial charge < -0.3 is 14.7 Å². The van der Waals surface area contributed by atoms with E-state index in [9.17, 15) is 9.50 Å². The number of ether oxygens (including phenoxy) is 1. The van der Waals surface area contributed by atoms with Gasteiger partial charge in [0.1, 0.15) is 5.75 Å². The number of phenols is 1. The monoisotopic (exact) mass is 355 g/mol. The minimum absolute atomic E-state index is 0.138. The van der Waals surface area contributed by atoms with E-state index < -0.39 is 0 Å². The van der Waals surface area contributed by atoms with Gasteiger partial charge in [0.15, 0.2) is 11.6 Å². The maximum absolute atomic E-state index is 13.8. The Morgan fingerprint density at radius 2 is 1.73 bits per heavy atom. The number of rotatable bonds is 5. The summed E-state index contributed by atoms with van der Waals surface area (Å²) in [5.74, 6) is 2.18. The van der Waals surface area contributed by atoms with E-state index in [2.05, 4.69) is 11.8 Å². The third-order valence-electron chi connectivity index (χ3n) is 5.91. The van der Waals surface area contributed by atoms with E-state index in [4.69, 9.17) is 4.74 Å². The van der Waals surface area contributed by atoms with Crippen LogP contribution in [0.4, 0.5) is 4.39 Å². The second-order valence-electron chi connectivity index (χ2n) is 7.87. The number of benzene rings is 2. The van der Waals surface area contributed by atoms with Gasteiger partial charge in [0.05, 0.1) is 6.10 Å². The van der Waals surface area contributed by atoms with E-state index in [1.807, 2.05) is 18.2 Å². The molecule has 1 aliphatic carbocycles. The molecule has 1 unspecified atom stereocenters. The van der Waals surface area contributed by atoms with Crippen LogP contribution in [0.5, 0.6) is 11.5 Å². The Labute approximate surface area is 154 Å². The Bertz CT molecular complexity index is 734. The molecule has 1 heterocycles. The maximum atomic E-state index is 13.8. The molecule has 0 amide bonds. The maximum Gasteiger partial charge on any atom is 0.165 e. The molecule has 1 N–H and O–H groups in total. The van der Waals surface area contributed by atoms with Gasteiger partial charge in [0, 0.05) is 19.6 Å². The molecule has 3 nitrogen and oxygen atoms in total. The lowest BCUT2D eigenvalue weighted by Gasteiger charge is -2.23. The number of hydrogen-bond acceptors (Lipinski definition) is 3. The van der Waals surface area contributed by atoms with Crippen molar-refractivity contribution in [2.75, 3.05) is 19.6 Å². The zero-order chi connectivity index (χ0) is 18.1. The van der Waals surface area contributed by atoms with Gasteiger partial charge in [0.25, 0.3) is 0 Å². The Hall–Kier alpha value is -2.07. The van der Waals surface area contributed by atoms with Crippen molar-refractivity contribution in [1.82, 2.24) is 4.90 Å². The molecule has 0 spiro atoms. The number of halogens is 1. The van der Waals surface area contributed by atoms with Crippen molar-refractivity contribution in [3.63, 3.8) is 0 Å². The van der Waals surface area contributed by atoms with Crippen molar-refractivity contribution < 1.29 is 14.2 Å². The third-order valence-corrected chi connectivity index (χ3v) is 5.91. The lowest BCUT2D eigenvalue weighted by molar-refractivity contribution is 0.177. The summed E-state index contributed by atoms with van der Waals surface area (Å²) in [4.78, 5) is 2.55. The molecular formula is C22H26FNO2. The van der Waals surface area contributed by atoms with Crippen LogP contribution < -0.4 is 4.74 Å². The minimum Gasteiger partial charge on any atom is -0.508 e. The topological polar surface area (TPSA) is 32.7 Å². The van der Waals surface area contributed by atoms with E-state index in [1.54, 1.807) is 24.3 Å². The summed E-state index contributed by atoms with van der Waals surface area (Å²) in [7, 11) is 0. The fourth-order valence-electron chi connectivity index (χ4n) is 4.60. The summed E-state index contributed by atoms with van der Waals surface area (Å²) in [6.07, 6.45) is 2.17. The van der Waals surface area contributed by atoms with E-state index in [0.29, 0.717) is 29.3 Å². The van der Waals surface area contributed by atoms with E-state index in [1.165, 1.54) is 11.6 Å². The Morgan fingerprint density at radius 3 is 2.38 bits per heavy atom. The van der Waals surface area contributed by atoms with Crippen LogP contribution in [0, 0.1) is 17.7 Å². The molecule has 4 rings (SSSR count). The molecule has 0 bridgehead atoms. The molecule has 2 aliphatic rings. The fraction of sp³-hybridized carbons (Fsp3) is 0.455. The summed E-state index contributed by atoms with van der Waals surface area (Å²) in [6.45, 7) is 5.48. The largest absolute Gasteiger partial charge is 0.508 e. The van der Waals surface area contributed by atoms with Crippen LogP contribution in [0.25, 0.3) is 0 Å². The number of fused-ring (bicyclic) bond motifs is 1. The summed E-state index contributed by atoms with van der Waals surface area (Å²) in [5, 5.41) is 9.43. The Kier molecular flexibility index (Phi) is 4.86. The number of phenolic OH excluding ortho intramolecular Hbond substituents is 1. The number of likely N-dealkylation sites (tertiary alicyclic amines) is 1. The van der Waals surface area contributed by atoms with Crippen LogP contribution >= 0.6 is 0 Å². The highest BCUT2D eigenvalue weighted by molar-refractivity contribution is 5.28. The average Bonchev–Trinajstić information content (AvgIpc) is 3.15. The molecule has 2 aromatic rings. The Morgan fingerprint density at radius 1 is 1.08 bits per heavy atom. The first-order valence-electron chi connectivity index (χ1n) is 9.51. The number of aromatic hydroxyl groups is 1. The van der Waals surface area contributed by atoms with E-state index in [-0.39, 0.29) is 11.9 Å². The molecule has 4 atom stereocenters. The molecule has 4 heteroatoms. The standard InChI is InChI=1S/C22H26FNO2/c1-15(16-6-8-19(25)9-7-16)12-24-13-17-10-20(11-18(17)14-24)26-22-5-3-2-4-21(22)23/h2-9,15,17-18,20,25H,10-14H2,1H3/t15?,17-,18+,20+. The van der Waals surface area contributed by atoms with Crippen LogP contribution in [0.1, 0.15) is 31.2 Å². The minimum atomic E-state index is -0.270. The molecular weight excluding hydrogens is 329 g/mol. The summed E-state index contributed by atoms with van der Waals surface area (Å²) >= 11 is 0. The summed E-state index contributed by atoms with van der Waals surface area (Å²) in [5.41, 5.74) is 1.26. The first-order valence-corrected chi connectivity index (χ1v) is 9.51.